The molecule has 17 heavy (non-hydrogen) atoms. The van der Waals surface area contributed by atoms with Crippen LogP contribution < -0.4 is 9.46 Å². The van der Waals surface area contributed by atoms with Crippen molar-refractivity contribution in [2.45, 2.75) is 6.10 Å². The fraction of sp³-hybridized carbons (Fsp3) is 0.455. The first-order chi connectivity index (χ1) is 7.98. The number of hydrogen-bond donors (Lipinski definition) is 1. The molecule has 5 nitrogen and oxygen atoms in total. The standard InChI is InChI=1S/C11H17NO4S/c1-15-10-7-5-4-6-9(10)11(16-2)8-12-17(3,13)14/h4-7,11-12H,8H2,1-3H3/t11-/m1/s1. The van der Waals surface area contributed by atoms with Crippen LogP contribution in [0.1, 0.15) is 11.7 Å². The first kappa shape index (κ1) is 14.0. The maximum absolute atomic E-state index is 11.0. The van der Waals surface area contributed by atoms with Gasteiger partial charge in [0, 0.05) is 19.2 Å². The van der Waals surface area contributed by atoms with Crippen LogP contribution >= 0.6 is 0 Å². The topological polar surface area (TPSA) is 64.6 Å². The van der Waals surface area contributed by atoms with Crippen LogP contribution in [0, 0.1) is 0 Å². The lowest BCUT2D eigenvalue weighted by molar-refractivity contribution is 0.105. The van der Waals surface area contributed by atoms with E-state index < -0.39 is 10.0 Å². The Balaban J connectivity index is 2.86. The molecule has 6 heteroatoms. The Kier molecular flexibility index (Phi) is 4.92. The Labute approximate surface area is 102 Å². The van der Waals surface area contributed by atoms with Crippen LogP contribution in [0.25, 0.3) is 0 Å². The summed E-state index contributed by atoms with van der Waals surface area (Å²) in [6.07, 6.45) is 0.739. The van der Waals surface area contributed by atoms with E-state index >= 15 is 0 Å². The predicted octanol–water partition coefficient (Wildman–Crippen LogP) is 0.932. The van der Waals surface area contributed by atoms with Crippen molar-refractivity contribution in [3.05, 3.63) is 29.8 Å². The summed E-state index contributed by atoms with van der Waals surface area (Å²) in [5, 5.41) is 0. The van der Waals surface area contributed by atoms with Crippen molar-refractivity contribution in [2.24, 2.45) is 0 Å². The normalized spacial score (nSPS) is 13.4. The minimum Gasteiger partial charge on any atom is -0.496 e. The summed E-state index contributed by atoms with van der Waals surface area (Å²) < 4.78 is 35.0. The van der Waals surface area contributed by atoms with Gasteiger partial charge in [-0.1, -0.05) is 18.2 Å². The van der Waals surface area contributed by atoms with E-state index in [9.17, 15) is 8.42 Å². The number of benzene rings is 1. The number of rotatable bonds is 6. The first-order valence-electron chi connectivity index (χ1n) is 5.08. The summed E-state index contributed by atoms with van der Waals surface area (Å²) in [5.41, 5.74) is 0.814. The molecule has 0 fully saturated rings. The van der Waals surface area contributed by atoms with Gasteiger partial charge in [0.25, 0.3) is 0 Å². The first-order valence-corrected chi connectivity index (χ1v) is 6.97. The average Bonchev–Trinajstić information content (AvgIpc) is 2.29. The smallest absolute Gasteiger partial charge is 0.208 e. The summed E-state index contributed by atoms with van der Waals surface area (Å²) in [7, 11) is -0.134. The Morgan fingerprint density at radius 3 is 2.47 bits per heavy atom. The Hall–Kier alpha value is -1.11. The van der Waals surface area contributed by atoms with Crippen molar-refractivity contribution in [3.63, 3.8) is 0 Å². The highest BCUT2D eigenvalue weighted by Crippen LogP contribution is 2.26. The van der Waals surface area contributed by atoms with E-state index in [1.807, 2.05) is 24.3 Å². The number of nitrogens with one attached hydrogen (secondary N) is 1. The Morgan fingerprint density at radius 2 is 1.94 bits per heavy atom. The van der Waals surface area contributed by atoms with Crippen LogP contribution in [0.15, 0.2) is 24.3 Å². The van der Waals surface area contributed by atoms with Gasteiger partial charge in [-0.15, -0.1) is 0 Å². The van der Waals surface area contributed by atoms with E-state index in [4.69, 9.17) is 9.47 Å². The molecular formula is C11H17NO4S. The highest BCUT2D eigenvalue weighted by Gasteiger charge is 2.16. The molecule has 1 N–H and O–H groups in total. The molecule has 0 aliphatic heterocycles. The zero-order valence-corrected chi connectivity index (χ0v) is 11.0. The summed E-state index contributed by atoms with van der Waals surface area (Å²) >= 11 is 0. The summed E-state index contributed by atoms with van der Waals surface area (Å²) in [4.78, 5) is 0. The number of para-hydroxylation sites is 1. The van der Waals surface area contributed by atoms with Crippen molar-refractivity contribution in [3.8, 4) is 5.75 Å². The highest BCUT2D eigenvalue weighted by molar-refractivity contribution is 7.88. The molecule has 0 unspecified atom stereocenters. The van der Waals surface area contributed by atoms with Crippen molar-refractivity contribution < 1.29 is 17.9 Å². The number of sulfonamides is 1. The van der Waals surface area contributed by atoms with Crippen LogP contribution in [0.5, 0.6) is 5.75 Å². The fourth-order valence-electron chi connectivity index (χ4n) is 1.48. The van der Waals surface area contributed by atoms with E-state index in [1.54, 1.807) is 7.11 Å². The molecular weight excluding hydrogens is 242 g/mol. The van der Waals surface area contributed by atoms with E-state index in [-0.39, 0.29) is 12.6 Å². The number of ether oxygens (including phenoxy) is 2. The van der Waals surface area contributed by atoms with Crippen LogP contribution in [-0.2, 0) is 14.8 Å². The third-order valence-electron chi connectivity index (χ3n) is 2.30. The van der Waals surface area contributed by atoms with Crippen molar-refractivity contribution >= 4 is 10.0 Å². The lowest BCUT2D eigenvalue weighted by Gasteiger charge is -2.18. The Bertz CT molecular complexity index is 458. The summed E-state index contributed by atoms with van der Waals surface area (Å²) in [5.74, 6) is 0.676. The number of hydrogen-bond acceptors (Lipinski definition) is 4. The van der Waals surface area contributed by atoms with Gasteiger partial charge in [-0.05, 0) is 6.07 Å². The minimum atomic E-state index is -3.23. The maximum Gasteiger partial charge on any atom is 0.208 e. The van der Waals surface area contributed by atoms with Crippen molar-refractivity contribution in [1.82, 2.24) is 4.72 Å². The SMILES string of the molecule is COc1ccccc1[C@@H](CNS(C)(=O)=O)OC. The highest BCUT2D eigenvalue weighted by atomic mass is 32.2. The van der Waals surface area contributed by atoms with E-state index in [0.29, 0.717) is 5.75 Å². The molecule has 1 aromatic rings. The lowest BCUT2D eigenvalue weighted by atomic mass is 10.1. The van der Waals surface area contributed by atoms with Gasteiger partial charge >= 0.3 is 0 Å². The molecule has 0 spiro atoms. The lowest BCUT2D eigenvalue weighted by Crippen LogP contribution is -2.28. The molecule has 1 aromatic carbocycles. The second kappa shape index (κ2) is 6.00. The number of methoxy groups -OCH3 is 2. The van der Waals surface area contributed by atoms with Gasteiger partial charge in [0.05, 0.1) is 19.5 Å². The molecule has 0 saturated carbocycles. The minimum absolute atomic E-state index is 0.176. The quantitative estimate of drug-likeness (QED) is 0.825. The molecule has 0 bridgehead atoms. The zero-order chi connectivity index (χ0) is 12.9. The molecule has 0 radical (unpaired) electrons. The Morgan fingerprint density at radius 1 is 1.29 bits per heavy atom. The van der Waals surface area contributed by atoms with Crippen LogP contribution in [0.2, 0.25) is 0 Å². The maximum atomic E-state index is 11.0. The second-order valence-electron chi connectivity index (χ2n) is 3.59. The molecule has 1 atom stereocenters. The van der Waals surface area contributed by atoms with Gasteiger partial charge in [0.2, 0.25) is 10.0 Å². The third-order valence-corrected chi connectivity index (χ3v) is 2.99. The van der Waals surface area contributed by atoms with Gasteiger partial charge in [-0.25, -0.2) is 13.1 Å². The largest absolute Gasteiger partial charge is 0.496 e. The van der Waals surface area contributed by atoms with Gasteiger partial charge in [0.1, 0.15) is 5.75 Å². The second-order valence-corrected chi connectivity index (χ2v) is 5.42. The summed E-state index contributed by atoms with van der Waals surface area (Å²) in [6.45, 7) is 0.176. The van der Waals surface area contributed by atoms with Gasteiger partial charge in [-0.3, -0.25) is 0 Å². The van der Waals surface area contributed by atoms with Gasteiger partial charge in [-0.2, -0.15) is 0 Å². The average molecular weight is 259 g/mol. The van der Waals surface area contributed by atoms with Gasteiger partial charge < -0.3 is 9.47 Å². The zero-order valence-electron chi connectivity index (χ0n) is 10.1. The molecule has 0 amide bonds. The van der Waals surface area contributed by atoms with Crippen LogP contribution in [0.4, 0.5) is 0 Å². The van der Waals surface area contributed by atoms with Crippen molar-refractivity contribution in [2.75, 3.05) is 27.0 Å². The van der Waals surface area contributed by atoms with E-state index in [0.717, 1.165) is 11.8 Å². The molecule has 0 aliphatic rings. The van der Waals surface area contributed by atoms with Crippen LogP contribution in [-0.4, -0.2) is 35.4 Å². The third kappa shape index (κ3) is 4.33. The monoisotopic (exact) mass is 259 g/mol. The summed E-state index contributed by atoms with van der Waals surface area (Å²) in [6, 6.07) is 7.35. The molecule has 0 saturated heterocycles. The van der Waals surface area contributed by atoms with E-state index in [1.165, 1.54) is 7.11 Å². The van der Waals surface area contributed by atoms with E-state index in [2.05, 4.69) is 4.72 Å². The predicted molar refractivity (Wildman–Crippen MR) is 65.6 cm³/mol. The molecule has 0 heterocycles. The molecule has 0 aliphatic carbocycles. The van der Waals surface area contributed by atoms with Gasteiger partial charge in [0.15, 0.2) is 0 Å². The molecule has 0 aromatic heterocycles. The molecule has 96 valence electrons. The molecule has 1 rings (SSSR count). The van der Waals surface area contributed by atoms with Crippen molar-refractivity contribution in [1.29, 1.82) is 0 Å². The fourth-order valence-corrected chi connectivity index (χ4v) is 1.93. The van der Waals surface area contributed by atoms with Crippen LogP contribution in [0.3, 0.4) is 0 Å².